The maximum absolute atomic E-state index is 13.0. The first-order valence-corrected chi connectivity index (χ1v) is 12.2. The Morgan fingerprint density at radius 3 is 2.58 bits per heavy atom. The van der Waals surface area contributed by atoms with E-state index in [1.807, 2.05) is 43.3 Å². The van der Waals surface area contributed by atoms with Crippen LogP contribution in [0.1, 0.15) is 49.2 Å². The van der Waals surface area contributed by atoms with Crippen LogP contribution in [0.3, 0.4) is 0 Å². The van der Waals surface area contributed by atoms with E-state index < -0.39 is 5.97 Å². The number of pyridine rings is 1. The predicted molar refractivity (Wildman–Crippen MR) is 143 cm³/mol. The molecule has 0 spiro atoms. The summed E-state index contributed by atoms with van der Waals surface area (Å²) in [6.45, 7) is 8.84. The van der Waals surface area contributed by atoms with E-state index in [-0.39, 0.29) is 24.1 Å². The lowest BCUT2D eigenvalue weighted by molar-refractivity contribution is -0.116. The molecule has 1 amide bonds. The number of fused-ring (bicyclic) bond motifs is 1. The van der Waals surface area contributed by atoms with Crippen molar-refractivity contribution in [2.75, 3.05) is 31.5 Å². The zero-order valence-electron chi connectivity index (χ0n) is 21.6. The standard InChI is InChI=1S/C28H36N4O4/c1-19(2)11-12-20(3)30-22-17-23-25(31-24(33)14-13-21-9-7-6-8-10-21)26(28(34)36-5)32(15-16-35-4)27(23)29-18-22/h6-10,17-18,20,30H,1,11-16H2,2-5H3,(H,31,33)/t20-/m1/s1. The lowest BCUT2D eigenvalue weighted by Gasteiger charge is -2.15. The minimum Gasteiger partial charge on any atom is -0.464 e. The van der Waals surface area contributed by atoms with Crippen molar-refractivity contribution < 1.29 is 19.1 Å². The fourth-order valence-corrected chi connectivity index (χ4v) is 4.06. The number of ether oxygens (including phenoxy) is 2. The van der Waals surface area contributed by atoms with E-state index in [0.717, 1.165) is 29.7 Å². The number of nitrogens with one attached hydrogen (secondary N) is 2. The number of esters is 1. The van der Waals surface area contributed by atoms with Crippen LogP contribution in [0.5, 0.6) is 0 Å². The van der Waals surface area contributed by atoms with Gasteiger partial charge in [-0.2, -0.15) is 0 Å². The first-order valence-electron chi connectivity index (χ1n) is 12.2. The second kappa shape index (κ2) is 12.9. The number of rotatable bonds is 13. The monoisotopic (exact) mass is 492 g/mol. The summed E-state index contributed by atoms with van der Waals surface area (Å²) in [5, 5.41) is 7.10. The molecule has 2 N–H and O–H groups in total. The van der Waals surface area contributed by atoms with Gasteiger partial charge in [-0.1, -0.05) is 35.9 Å². The van der Waals surface area contributed by atoms with Gasteiger partial charge in [-0.05, 0) is 44.7 Å². The highest BCUT2D eigenvalue weighted by molar-refractivity contribution is 6.11. The van der Waals surface area contributed by atoms with E-state index >= 15 is 0 Å². The van der Waals surface area contributed by atoms with Crippen LogP contribution in [-0.4, -0.2) is 48.3 Å². The van der Waals surface area contributed by atoms with Crippen molar-refractivity contribution in [1.82, 2.24) is 9.55 Å². The van der Waals surface area contributed by atoms with Crippen LogP contribution in [-0.2, 0) is 27.2 Å². The van der Waals surface area contributed by atoms with E-state index in [2.05, 4.69) is 29.1 Å². The highest BCUT2D eigenvalue weighted by Crippen LogP contribution is 2.33. The Bertz CT molecular complexity index is 1200. The van der Waals surface area contributed by atoms with Crippen molar-refractivity contribution in [2.24, 2.45) is 0 Å². The molecule has 1 aromatic carbocycles. The molecule has 0 bridgehead atoms. The van der Waals surface area contributed by atoms with Gasteiger partial charge in [0.2, 0.25) is 5.91 Å². The highest BCUT2D eigenvalue weighted by Gasteiger charge is 2.26. The summed E-state index contributed by atoms with van der Waals surface area (Å²) in [7, 11) is 2.92. The molecular formula is C28H36N4O4. The molecular weight excluding hydrogens is 456 g/mol. The fourth-order valence-electron chi connectivity index (χ4n) is 4.06. The number of methoxy groups -OCH3 is 2. The third-order valence-electron chi connectivity index (χ3n) is 5.96. The van der Waals surface area contributed by atoms with Gasteiger partial charge in [-0.25, -0.2) is 9.78 Å². The van der Waals surface area contributed by atoms with Gasteiger partial charge in [0.15, 0.2) is 5.69 Å². The second-order valence-corrected chi connectivity index (χ2v) is 9.03. The smallest absolute Gasteiger partial charge is 0.356 e. The first-order chi connectivity index (χ1) is 17.3. The molecule has 3 rings (SSSR count). The average molecular weight is 493 g/mol. The zero-order chi connectivity index (χ0) is 26.1. The van der Waals surface area contributed by atoms with Crippen molar-refractivity contribution in [3.8, 4) is 0 Å². The molecule has 36 heavy (non-hydrogen) atoms. The number of allylic oxidation sites excluding steroid dienone is 1. The minimum atomic E-state index is -0.549. The number of hydrogen-bond donors (Lipinski definition) is 2. The summed E-state index contributed by atoms with van der Waals surface area (Å²) >= 11 is 0. The van der Waals surface area contributed by atoms with Gasteiger partial charge < -0.3 is 24.7 Å². The SMILES string of the molecule is C=C(C)CC[C@@H](C)Nc1cnc2c(c1)c(NC(=O)CCc1ccccc1)c(C(=O)OC)n2CCOC. The summed E-state index contributed by atoms with van der Waals surface area (Å²) in [4.78, 5) is 30.5. The number of aromatic nitrogens is 2. The van der Waals surface area contributed by atoms with Crippen LogP contribution in [0.2, 0.25) is 0 Å². The Hall–Kier alpha value is -3.65. The molecule has 0 saturated heterocycles. The van der Waals surface area contributed by atoms with Gasteiger partial charge >= 0.3 is 5.97 Å². The Labute approximate surface area is 212 Å². The van der Waals surface area contributed by atoms with Gasteiger partial charge in [0.1, 0.15) is 5.65 Å². The number of benzene rings is 1. The first kappa shape index (κ1) is 26.9. The molecule has 0 aliphatic carbocycles. The summed E-state index contributed by atoms with van der Waals surface area (Å²) in [5.41, 5.74) is 4.23. The summed E-state index contributed by atoms with van der Waals surface area (Å²) in [6.07, 6.45) is 4.46. The largest absolute Gasteiger partial charge is 0.464 e. The van der Waals surface area contributed by atoms with Gasteiger partial charge in [0.05, 0.1) is 31.3 Å². The van der Waals surface area contributed by atoms with Crippen LogP contribution in [0.25, 0.3) is 11.0 Å². The summed E-state index contributed by atoms with van der Waals surface area (Å²) < 4.78 is 12.1. The van der Waals surface area contributed by atoms with Gasteiger partial charge in [-0.3, -0.25) is 4.79 Å². The maximum Gasteiger partial charge on any atom is 0.356 e. The molecule has 3 aromatic rings. The Morgan fingerprint density at radius 2 is 1.92 bits per heavy atom. The number of nitrogens with zero attached hydrogens (tertiary/aromatic N) is 2. The topological polar surface area (TPSA) is 94.5 Å². The van der Waals surface area contributed by atoms with Crippen LogP contribution in [0, 0.1) is 0 Å². The Morgan fingerprint density at radius 1 is 1.17 bits per heavy atom. The minimum absolute atomic E-state index is 0.192. The number of amides is 1. The fraction of sp³-hybridized carbons (Fsp3) is 0.393. The number of carbonyl (C=O) groups is 2. The average Bonchev–Trinajstić information content (AvgIpc) is 3.17. The maximum atomic E-state index is 13.0. The van der Waals surface area contributed by atoms with Crippen LogP contribution in [0.15, 0.2) is 54.7 Å². The van der Waals surface area contributed by atoms with E-state index in [0.29, 0.717) is 36.3 Å². The van der Waals surface area contributed by atoms with Gasteiger partial charge in [0, 0.05) is 31.5 Å². The molecule has 8 nitrogen and oxygen atoms in total. The van der Waals surface area contributed by atoms with Crippen molar-refractivity contribution in [3.63, 3.8) is 0 Å². The third kappa shape index (κ3) is 6.95. The molecule has 0 aliphatic rings. The molecule has 0 unspecified atom stereocenters. The van der Waals surface area contributed by atoms with E-state index in [9.17, 15) is 9.59 Å². The number of carbonyl (C=O) groups excluding carboxylic acids is 2. The molecule has 2 heterocycles. The lowest BCUT2D eigenvalue weighted by Crippen LogP contribution is -2.18. The van der Waals surface area contributed by atoms with Gasteiger partial charge in [-0.15, -0.1) is 6.58 Å². The van der Waals surface area contributed by atoms with E-state index in [4.69, 9.17) is 9.47 Å². The zero-order valence-corrected chi connectivity index (χ0v) is 21.6. The molecule has 0 saturated carbocycles. The lowest BCUT2D eigenvalue weighted by atomic mass is 10.1. The number of aryl methyl sites for hydroxylation is 1. The third-order valence-corrected chi connectivity index (χ3v) is 5.96. The normalized spacial score (nSPS) is 11.8. The molecule has 0 aliphatic heterocycles. The predicted octanol–water partition coefficient (Wildman–Crippen LogP) is 5.20. The van der Waals surface area contributed by atoms with Crippen LogP contribution < -0.4 is 10.6 Å². The Kier molecular flexibility index (Phi) is 9.64. The quantitative estimate of drug-likeness (QED) is 0.252. The molecule has 0 fully saturated rings. The molecule has 8 heteroatoms. The molecule has 0 radical (unpaired) electrons. The van der Waals surface area contributed by atoms with E-state index in [1.165, 1.54) is 7.11 Å². The van der Waals surface area contributed by atoms with E-state index in [1.54, 1.807) is 17.9 Å². The van der Waals surface area contributed by atoms with Crippen LogP contribution in [0.4, 0.5) is 11.4 Å². The van der Waals surface area contributed by atoms with Crippen molar-refractivity contribution in [1.29, 1.82) is 0 Å². The van der Waals surface area contributed by atoms with Crippen molar-refractivity contribution in [2.45, 2.75) is 52.1 Å². The molecule has 1 atom stereocenters. The Balaban J connectivity index is 1.96. The highest BCUT2D eigenvalue weighted by atomic mass is 16.5. The summed E-state index contributed by atoms with van der Waals surface area (Å²) in [5.74, 6) is -0.741. The summed E-state index contributed by atoms with van der Waals surface area (Å²) in [6, 6.07) is 11.9. The van der Waals surface area contributed by atoms with Crippen molar-refractivity contribution in [3.05, 3.63) is 66.0 Å². The van der Waals surface area contributed by atoms with Crippen LogP contribution >= 0.6 is 0 Å². The molecule has 192 valence electrons. The van der Waals surface area contributed by atoms with Crippen molar-refractivity contribution >= 4 is 34.3 Å². The van der Waals surface area contributed by atoms with Gasteiger partial charge in [0.25, 0.3) is 0 Å². The second-order valence-electron chi connectivity index (χ2n) is 9.03. The molecule has 2 aromatic heterocycles. The number of anilines is 2. The number of hydrogen-bond acceptors (Lipinski definition) is 6.